The van der Waals surface area contributed by atoms with E-state index in [9.17, 15) is 0 Å². The van der Waals surface area contributed by atoms with Gasteiger partial charge >= 0.3 is 0 Å². The quantitative estimate of drug-likeness (QED) is 0.456. The molecule has 144 valence electrons. The predicted octanol–water partition coefficient (Wildman–Crippen LogP) is 3.43. The molecule has 0 unspecified atom stereocenters. The fourth-order valence-corrected chi connectivity index (χ4v) is 3.70. The van der Waals surface area contributed by atoms with Crippen LogP contribution in [0, 0.1) is 0 Å². The van der Waals surface area contributed by atoms with E-state index in [0.717, 1.165) is 28.4 Å². The molecule has 0 radical (unpaired) electrons. The van der Waals surface area contributed by atoms with Crippen LogP contribution in [0.4, 0.5) is 0 Å². The van der Waals surface area contributed by atoms with Crippen molar-refractivity contribution >= 4 is 21.9 Å². The molecule has 1 saturated carbocycles. The predicted molar refractivity (Wildman–Crippen MR) is 115 cm³/mol. The molecule has 2 heterocycles. The van der Waals surface area contributed by atoms with Gasteiger partial charge in [0.25, 0.3) is 0 Å². The zero-order valence-corrected chi connectivity index (χ0v) is 17.4. The van der Waals surface area contributed by atoms with E-state index in [1.54, 1.807) is 24.1 Å². The molecule has 6 nitrogen and oxygen atoms in total. The number of nitrogens with zero attached hydrogens (tertiary/aromatic N) is 4. The minimum absolute atomic E-state index is 0.214. The van der Waals surface area contributed by atoms with Crippen LogP contribution in [0.2, 0.25) is 0 Å². The summed E-state index contributed by atoms with van der Waals surface area (Å²) < 4.78 is 2.88. The number of aromatic nitrogens is 3. The van der Waals surface area contributed by atoms with Gasteiger partial charge < -0.3 is 10.6 Å². The van der Waals surface area contributed by atoms with Crippen molar-refractivity contribution in [1.82, 2.24) is 25.4 Å². The molecule has 1 aromatic carbocycles. The highest BCUT2D eigenvalue weighted by Gasteiger charge is 2.44. The van der Waals surface area contributed by atoms with Gasteiger partial charge in [0.2, 0.25) is 0 Å². The van der Waals surface area contributed by atoms with E-state index in [1.165, 1.54) is 18.4 Å². The van der Waals surface area contributed by atoms with Crippen molar-refractivity contribution in [2.75, 3.05) is 13.6 Å². The first-order valence-electron chi connectivity index (χ1n) is 9.34. The number of pyridine rings is 1. The summed E-state index contributed by atoms with van der Waals surface area (Å²) in [7, 11) is 1.80. The summed E-state index contributed by atoms with van der Waals surface area (Å²) in [5.41, 5.74) is 2.71. The Hall–Kier alpha value is -2.67. The fraction of sp³-hybridized carbons (Fsp3) is 0.286. The molecule has 0 amide bonds. The molecule has 0 spiro atoms. The van der Waals surface area contributed by atoms with Crippen LogP contribution in [0.1, 0.15) is 24.0 Å². The second kappa shape index (κ2) is 8.14. The number of aliphatic imine (C=N–C) groups is 1. The van der Waals surface area contributed by atoms with Gasteiger partial charge in [0.1, 0.15) is 0 Å². The summed E-state index contributed by atoms with van der Waals surface area (Å²) in [5.74, 6) is 1.61. The van der Waals surface area contributed by atoms with Crippen LogP contribution in [0.5, 0.6) is 0 Å². The topological polar surface area (TPSA) is 67.1 Å². The monoisotopic (exact) mass is 438 g/mol. The van der Waals surface area contributed by atoms with Gasteiger partial charge in [-0.25, -0.2) is 9.67 Å². The highest BCUT2D eigenvalue weighted by atomic mass is 79.9. The third-order valence-corrected chi connectivity index (χ3v) is 5.61. The molecule has 0 atom stereocenters. The minimum Gasteiger partial charge on any atom is -0.356 e. The number of guanidine groups is 1. The van der Waals surface area contributed by atoms with E-state index in [2.05, 4.69) is 65.9 Å². The summed E-state index contributed by atoms with van der Waals surface area (Å²) in [6.07, 6.45) is 7.83. The van der Waals surface area contributed by atoms with Crippen molar-refractivity contribution in [2.24, 2.45) is 4.99 Å². The molecule has 28 heavy (non-hydrogen) atoms. The number of halogens is 1. The summed E-state index contributed by atoms with van der Waals surface area (Å²) in [4.78, 5) is 8.74. The van der Waals surface area contributed by atoms with Crippen molar-refractivity contribution in [3.8, 4) is 5.82 Å². The molecular formula is C21H23BrN6. The Balaban J connectivity index is 1.35. The molecule has 1 fully saturated rings. The highest BCUT2D eigenvalue weighted by Crippen LogP contribution is 2.48. The Morgan fingerprint density at radius 2 is 2.07 bits per heavy atom. The van der Waals surface area contributed by atoms with Crippen LogP contribution in [0.25, 0.3) is 5.82 Å². The first-order valence-corrected chi connectivity index (χ1v) is 10.1. The van der Waals surface area contributed by atoms with Crippen molar-refractivity contribution in [3.63, 3.8) is 0 Å². The number of hydrogen-bond donors (Lipinski definition) is 2. The van der Waals surface area contributed by atoms with Crippen molar-refractivity contribution < 1.29 is 0 Å². The standard InChI is InChI=1S/C21H23BrN6/c1-23-20(26-15-21(7-8-21)17-4-2-5-18(22)13-17)25-14-16-6-10-24-19(12-16)28-11-3-9-27-28/h2-6,9-13H,7-8,14-15H2,1H3,(H2,23,25,26). The molecule has 7 heteroatoms. The molecule has 1 aliphatic carbocycles. The summed E-state index contributed by atoms with van der Waals surface area (Å²) >= 11 is 3.58. The van der Waals surface area contributed by atoms with Gasteiger partial charge in [-0.1, -0.05) is 28.1 Å². The third kappa shape index (κ3) is 4.25. The number of nitrogens with one attached hydrogen (secondary N) is 2. The Morgan fingerprint density at radius 1 is 1.18 bits per heavy atom. The van der Waals surface area contributed by atoms with Crippen LogP contribution in [0.3, 0.4) is 0 Å². The normalized spacial score (nSPS) is 15.3. The number of benzene rings is 1. The van der Waals surface area contributed by atoms with Gasteiger partial charge in [0.15, 0.2) is 11.8 Å². The van der Waals surface area contributed by atoms with Gasteiger partial charge in [-0.05, 0) is 54.3 Å². The van der Waals surface area contributed by atoms with Gasteiger partial charge in [0.05, 0.1) is 0 Å². The summed E-state index contributed by atoms with van der Waals surface area (Å²) in [6, 6.07) is 14.5. The highest BCUT2D eigenvalue weighted by molar-refractivity contribution is 9.10. The Labute approximate surface area is 173 Å². The lowest BCUT2D eigenvalue weighted by Gasteiger charge is -2.19. The van der Waals surface area contributed by atoms with Crippen LogP contribution >= 0.6 is 15.9 Å². The van der Waals surface area contributed by atoms with Crippen LogP contribution in [-0.4, -0.2) is 34.3 Å². The molecular weight excluding hydrogens is 416 g/mol. The largest absolute Gasteiger partial charge is 0.356 e. The van der Waals surface area contributed by atoms with Crippen molar-refractivity contribution in [3.05, 3.63) is 76.7 Å². The van der Waals surface area contributed by atoms with Crippen LogP contribution in [-0.2, 0) is 12.0 Å². The van der Waals surface area contributed by atoms with Gasteiger partial charge in [-0.2, -0.15) is 5.10 Å². The molecule has 2 N–H and O–H groups in total. The Morgan fingerprint density at radius 3 is 2.79 bits per heavy atom. The maximum atomic E-state index is 4.37. The van der Waals surface area contributed by atoms with E-state index < -0.39 is 0 Å². The van der Waals surface area contributed by atoms with Crippen LogP contribution in [0.15, 0.2) is 70.5 Å². The fourth-order valence-electron chi connectivity index (χ4n) is 3.30. The summed E-state index contributed by atoms with van der Waals surface area (Å²) in [6.45, 7) is 1.54. The first-order chi connectivity index (χ1) is 13.7. The maximum absolute atomic E-state index is 4.37. The lowest BCUT2D eigenvalue weighted by Crippen LogP contribution is -2.40. The minimum atomic E-state index is 0.214. The average Bonchev–Trinajstić information content (AvgIpc) is 3.31. The average molecular weight is 439 g/mol. The number of hydrogen-bond acceptors (Lipinski definition) is 3. The maximum Gasteiger partial charge on any atom is 0.191 e. The molecule has 1 aliphatic rings. The zero-order chi connectivity index (χ0) is 19.4. The van der Waals surface area contributed by atoms with E-state index >= 15 is 0 Å². The molecule has 2 aromatic heterocycles. The van der Waals surface area contributed by atoms with Crippen LogP contribution < -0.4 is 10.6 Å². The molecule has 0 aliphatic heterocycles. The zero-order valence-electron chi connectivity index (χ0n) is 15.8. The molecule has 4 rings (SSSR count). The van der Waals surface area contributed by atoms with Gasteiger partial charge in [-0.3, -0.25) is 4.99 Å². The Bertz CT molecular complexity index is 963. The van der Waals surface area contributed by atoms with E-state index in [-0.39, 0.29) is 5.41 Å². The Kier molecular flexibility index (Phi) is 5.43. The first kappa shape index (κ1) is 18.7. The lowest BCUT2D eigenvalue weighted by molar-refractivity contribution is 0.645. The smallest absolute Gasteiger partial charge is 0.191 e. The van der Waals surface area contributed by atoms with E-state index in [4.69, 9.17) is 0 Å². The lowest BCUT2D eigenvalue weighted by atomic mass is 9.96. The SMILES string of the molecule is CN=C(NCc1ccnc(-n2cccn2)c1)NCC1(c2cccc(Br)c2)CC1. The summed E-state index contributed by atoms with van der Waals surface area (Å²) in [5, 5.41) is 11.1. The third-order valence-electron chi connectivity index (χ3n) is 5.12. The van der Waals surface area contributed by atoms with Crippen molar-refractivity contribution in [2.45, 2.75) is 24.8 Å². The van der Waals surface area contributed by atoms with E-state index in [0.29, 0.717) is 6.54 Å². The van der Waals surface area contributed by atoms with Gasteiger partial charge in [-0.15, -0.1) is 0 Å². The van der Waals surface area contributed by atoms with Gasteiger partial charge in [0, 0.05) is 48.6 Å². The number of rotatable bonds is 6. The second-order valence-corrected chi connectivity index (χ2v) is 7.96. The van der Waals surface area contributed by atoms with Crippen molar-refractivity contribution in [1.29, 1.82) is 0 Å². The molecule has 3 aromatic rings. The molecule has 0 saturated heterocycles. The second-order valence-electron chi connectivity index (χ2n) is 7.04. The molecule has 0 bridgehead atoms. The van der Waals surface area contributed by atoms with E-state index in [1.807, 2.05) is 24.4 Å².